The van der Waals surface area contributed by atoms with Gasteiger partial charge in [0, 0.05) is 38.6 Å². The summed E-state index contributed by atoms with van der Waals surface area (Å²) < 4.78 is 2.07. The van der Waals surface area contributed by atoms with Crippen molar-refractivity contribution in [1.29, 1.82) is 0 Å². The quantitative estimate of drug-likeness (QED) is 0.640. The van der Waals surface area contributed by atoms with Gasteiger partial charge in [-0.3, -0.25) is 4.99 Å². The second-order valence-corrected chi connectivity index (χ2v) is 6.96. The molecule has 1 fully saturated rings. The van der Waals surface area contributed by atoms with Crippen molar-refractivity contribution in [3.05, 3.63) is 54.6 Å². The number of rotatable bonds is 6. The van der Waals surface area contributed by atoms with Crippen LogP contribution in [0.1, 0.15) is 38.2 Å². The molecule has 5 nitrogen and oxygen atoms in total. The molecule has 140 valence electrons. The summed E-state index contributed by atoms with van der Waals surface area (Å²) >= 11 is 0. The zero-order chi connectivity index (χ0) is 18.2. The second kappa shape index (κ2) is 9.41. The van der Waals surface area contributed by atoms with Crippen molar-refractivity contribution in [1.82, 2.24) is 19.8 Å². The summed E-state index contributed by atoms with van der Waals surface area (Å²) in [6.07, 6.45) is 8.04. The number of aliphatic imine (C=N–C) groups is 1. The van der Waals surface area contributed by atoms with E-state index in [0.29, 0.717) is 11.8 Å². The van der Waals surface area contributed by atoms with Gasteiger partial charge in [-0.25, -0.2) is 4.98 Å². The average molecular weight is 354 g/mol. The van der Waals surface area contributed by atoms with Gasteiger partial charge >= 0.3 is 0 Å². The number of nitrogens with zero attached hydrogens (tertiary/aromatic N) is 4. The molecule has 0 bridgehead atoms. The molecule has 1 aliphatic rings. The number of imidazole rings is 1. The van der Waals surface area contributed by atoms with Crippen LogP contribution in [0.25, 0.3) is 0 Å². The van der Waals surface area contributed by atoms with Gasteiger partial charge in [0.25, 0.3) is 0 Å². The van der Waals surface area contributed by atoms with Crippen molar-refractivity contribution in [3.63, 3.8) is 0 Å². The molecule has 1 saturated heterocycles. The molecule has 26 heavy (non-hydrogen) atoms. The Labute approximate surface area is 157 Å². The molecule has 0 amide bonds. The Morgan fingerprint density at radius 1 is 1.27 bits per heavy atom. The Kier molecular flexibility index (Phi) is 6.69. The molecule has 0 aliphatic carbocycles. The van der Waals surface area contributed by atoms with Crippen molar-refractivity contribution in [2.24, 2.45) is 10.9 Å². The number of benzene rings is 1. The first-order valence-corrected chi connectivity index (χ1v) is 9.85. The molecule has 1 aromatic carbocycles. The molecule has 1 N–H and O–H groups in total. The van der Waals surface area contributed by atoms with E-state index < -0.39 is 0 Å². The summed E-state index contributed by atoms with van der Waals surface area (Å²) in [5.74, 6) is 2.38. The van der Waals surface area contributed by atoms with E-state index in [1.807, 2.05) is 18.7 Å². The normalized spacial score (nSPS) is 21.0. The van der Waals surface area contributed by atoms with Gasteiger partial charge in [0.15, 0.2) is 5.96 Å². The molecule has 1 aliphatic heterocycles. The van der Waals surface area contributed by atoms with Gasteiger partial charge < -0.3 is 14.8 Å². The van der Waals surface area contributed by atoms with Gasteiger partial charge in [0.1, 0.15) is 0 Å². The highest BCUT2D eigenvalue weighted by atomic mass is 15.3. The van der Waals surface area contributed by atoms with Crippen LogP contribution in [-0.2, 0) is 6.54 Å². The lowest BCUT2D eigenvalue weighted by atomic mass is 9.79. The van der Waals surface area contributed by atoms with E-state index in [1.54, 1.807) is 0 Å². The first-order chi connectivity index (χ1) is 12.8. The molecule has 2 unspecified atom stereocenters. The van der Waals surface area contributed by atoms with Crippen LogP contribution in [0.15, 0.2) is 54.0 Å². The number of likely N-dealkylation sites (tertiary alicyclic amines) is 1. The lowest BCUT2D eigenvalue weighted by Crippen LogP contribution is -2.48. The van der Waals surface area contributed by atoms with Crippen LogP contribution in [0.5, 0.6) is 0 Å². The standard InChI is InChI=1S/C21H31N5/c1-3-18-16-26(13-10-20(18)19-8-6-5-7-9-19)21(23-4-2)24-12-15-25-14-11-22-17-25/h5-9,11,14,17-18,20H,3-4,10,12-13,15-16H2,1-2H3,(H,23,24). The van der Waals surface area contributed by atoms with E-state index in [0.717, 1.165) is 38.7 Å². The van der Waals surface area contributed by atoms with Crippen molar-refractivity contribution in [2.45, 2.75) is 39.2 Å². The molecular formula is C21H31N5. The largest absolute Gasteiger partial charge is 0.357 e. The van der Waals surface area contributed by atoms with Crippen LogP contribution < -0.4 is 5.32 Å². The molecule has 3 rings (SSSR count). The first-order valence-electron chi connectivity index (χ1n) is 9.85. The number of aromatic nitrogens is 2. The summed E-state index contributed by atoms with van der Waals surface area (Å²) in [6.45, 7) is 9.13. The van der Waals surface area contributed by atoms with Gasteiger partial charge in [-0.15, -0.1) is 0 Å². The third-order valence-corrected chi connectivity index (χ3v) is 5.30. The van der Waals surface area contributed by atoms with Crippen molar-refractivity contribution in [2.75, 3.05) is 26.2 Å². The highest BCUT2D eigenvalue weighted by Crippen LogP contribution is 2.34. The molecule has 0 spiro atoms. The predicted molar refractivity (Wildman–Crippen MR) is 107 cm³/mol. The maximum atomic E-state index is 4.86. The van der Waals surface area contributed by atoms with E-state index in [-0.39, 0.29) is 0 Å². The fraction of sp³-hybridized carbons (Fsp3) is 0.524. The number of nitrogens with one attached hydrogen (secondary N) is 1. The minimum atomic E-state index is 0.659. The Morgan fingerprint density at radius 3 is 2.81 bits per heavy atom. The monoisotopic (exact) mass is 353 g/mol. The highest BCUT2D eigenvalue weighted by Gasteiger charge is 2.30. The smallest absolute Gasteiger partial charge is 0.193 e. The van der Waals surface area contributed by atoms with Crippen LogP contribution in [0.4, 0.5) is 0 Å². The van der Waals surface area contributed by atoms with Crippen LogP contribution in [0.3, 0.4) is 0 Å². The number of hydrogen-bond donors (Lipinski definition) is 1. The summed E-state index contributed by atoms with van der Waals surface area (Å²) in [5.41, 5.74) is 1.49. The van der Waals surface area contributed by atoms with Crippen LogP contribution in [0.2, 0.25) is 0 Å². The molecule has 2 aromatic rings. The van der Waals surface area contributed by atoms with E-state index in [9.17, 15) is 0 Å². The van der Waals surface area contributed by atoms with E-state index in [1.165, 1.54) is 18.4 Å². The SMILES string of the molecule is CCNC(=NCCn1ccnc1)N1CCC(c2ccccc2)C(CC)C1. The maximum Gasteiger partial charge on any atom is 0.193 e. The van der Waals surface area contributed by atoms with E-state index in [4.69, 9.17) is 4.99 Å². The topological polar surface area (TPSA) is 45.5 Å². The molecule has 5 heteroatoms. The first kappa shape index (κ1) is 18.5. The summed E-state index contributed by atoms with van der Waals surface area (Å²) in [4.78, 5) is 11.4. The minimum absolute atomic E-state index is 0.659. The Hall–Kier alpha value is -2.30. The second-order valence-electron chi connectivity index (χ2n) is 6.96. The number of guanidine groups is 1. The van der Waals surface area contributed by atoms with Gasteiger partial charge in [0.2, 0.25) is 0 Å². The van der Waals surface area contributed by atoms with Gasteiger partial charge in [-0.2, -0.15) is 0 Å². The van der Waals surface area contributed by atoms with Crippen molar-refractivity contribution in [3.8, 4) is 0 Å². The molecular weight excluding hydrogens is 322 g/mol. The van der Waals surface area contributed by atoms with Crippen LogP contribution in [0, 0.1) is 5.92 Å². The maximum absolute atomic E-state index is 4.86. The Bertz CT molecular complexity index is 665. The molecule has 2 atom stereocenters. The molecule has 0 radical (unpaired) electrons. The van der Waals surface area contributed by atoms with Crippen molar-refractivity contribution >= 4 is 5.96 Å². The predicted octanol–water partition coefficient (Wildman–Crippen LogP) is 3.36. The van der Waals surface area contributed by atoms with Gasteiger partial charge in [-0.1, -0.05) is 43.7 Å². The van der Waals surface area contributed by atoms with E-state index >= 15 is 0 Å². The number of piperidine rings is 1. The van der Waals surface area contributed by atoms with Gasteiger partial charge in [-0.05, 0) is 30.7 Å². The Morgan fingerprint density at radius 2 is 2.12 bits per heavy atom. The van der Waals surface area contributed by atoms with E-state index in [2.05, 4.69) is 63.9 Å². The third kappa shape index (κ3) is 4.65. The average Bonchev–Trinajstić information content (AvgIpc) is 3.21. The zero-order valence-electron chi connectivity index (χ0n) is 16.0. The molecule has 2 heterocycles. The summed E-state index contributed by atoms with van der Waals surface area (Å²) in [7, 11) is 0. The molecule has 0 saturated carbocycles. The fourth-order valence-corrected chi connectivity index (χ4v) is 3.89. The lowest BCUT2D eigenvalue weighted by molar-refractivity contribution is 0.215. The van der Waals surface area contributed by atoms with Gasteiger partial charge in [0.05, 0.1) is 12.9 Å². The molecule has 1 aromatic heterocycles. The zero-order valence-corrected chi connectivity index (χ0v) is 16.0. The highest BCUT2D eigenvalue weighted by molar-refractivity contribution is 5.80. The van der Waals surface area contributed by atoms with Crippen LogP contribution in [-0.4, -0.2) is 46.6 Å². The lowest BCUT2D eigenvalue weighted by Gasteiger charge is -2.40. The summed E-state index contributed by atoms with van der Waals surface area (Å²) in [6, 6.07) is 11.0. The number of hydrogen-bond acceptors (Lipinski definition) is 2. The Balaban J connectivity index is 1.64. The third-order valence-electron chi connectivity index (χ3n) is 5.30. The van der Waals surface area contributed by atoms with Crippen molar-refractivity contribution < 1.29 is 0 Å². The summed E-state index contributed by atoms with van der Waals surface area (Å²) in [5, 5.41) is 3.48. The fourth-order valence-electron chi connectivity index (χ4n) is 3.89. The van der Waals surface area contributed by atoms with Crippen LogP contribution >= 0.6 is 0 Å². The minimum Gasteiger partial charge on any atom is -0.357 e.